The van der Waals surface area contributed by atoms with Crippen molar-refractivity contribution < 1.29 is 0 Å². The lowest BCUT2D eigenvalue weighted by molar-refractivity contribution is 0.913. The summed E-state index contributed by atoms with van der Waals surface area (Å²) in [5, 5.41) is 8.42. The summed E-state index contributed by atoms with van der Waals surface area (Å²) in [6.07, 6.45) is 7.29. The quantitative estimate of drug-likeness (QED) is 0.682. The van der Waals surface area contributed by atoms with Gasteiger partial charge in [-0.05, 0) is 29.8 Å². The molecule has 1 aromatic carbocycles. The molecule has 0 atom stereocenters. The Kier molecular flexibility index (Phi) is 3.82. The molecule has 0 fully saturated rings. The van der Waals surface area contributed by atoms with Gasteiger partial charge >= 0.3 is 0 Å². The van der Waals surface area contributed by atoms with E-state index < -0.39 is 0 Å². The van der Waals surface area contributed by atoms with Crippen molar-refractivity contribution in [1.29, 1.82) is 0 Å². The van der Waals surface area contributed by atoms with Gasteiger partial charge in [-0.1, -0.05) is 12.1 Å². The number of aryl methyl sites for hydroxylation is 1. The van der Waals surface area contributed by atoms with Crippen LogP contribution in [-0.2, 0) is 13.6 Å². The van der Waals surface area contributed by atoms with Gasteiger partial charge in [0.05, 0.1) is 24.3 Å². The van der Waals surface area contributed by atoms with E-state index in [1.807, 2.05) is 54.2 Å². The Morgan fingerprint density at radius 1 is 1.05 bits per heavy atom. The van der Waals surface area contributed by atoms with Crippen LogP contribution >= 0.6 is 0 Å². The summed E-state index contributed by atoms with van der Waals surface area (Å²) < 4.78 is 1.93. The molecule has 0 aliphatic carbocycles. The van der Waals surface area contributed by atoms with Crippen molar-refractivity contribution in [2.24, 2.45) is 17.3 Å². The Morgan fingerprint density at radius 3 is 2.48 bits per heavy atom. The van der Waals surface area contributed by atoms with E-state index in [9.17, 15) is 0 Å². The maximum absolute atomic E-state index is 4.32. The highest BCUT2D eigenvalue weighted by Gasteiger charge is 2.00. The third-order valence-corrected chi connectivity index (χ3v) is 3.06. The second kappa shape index (κ2) is 6.09. The van der Waals surface area contributed by atoms with Crippen molar-refractivity contribution in [2.75, 3.05) is 0 Å². The fourth-order valence-corrected chi connectivity index (χ4v) is 1.95. The Bertz CT molecular complexity index is 729. The lowest BCUT2D eigenvalue weighted by Gasteiger charge is -1.97. The lowest BCUT2D eigenvalue weighted by Crippen LogP contribution is -1.80. The van der Waals surface area contributed by atoms with E-state index in [-0.39, 0.29) is 0 Å². The molecule has 0 spiro atoms. The molecule has 0 radical (unpaired) electrons. The molecule has 3 rings (SSSR count). The fourth-order valence-electron chi connectivity index (χ4n) is 1.95. The van der Waals surface area contributed by atoms with E-state index in [2.05, 4.69) is 20.2 Å². The van der Waals surface area contributed by atoms with E-state index in [0.29, 0.717) is 6.54 Å². The minimum atomic E-state index is 0.560. The molecule has 0 amide bonds. The second-order valence-corrected chi connectivity index (χ2v) is 4.73. The minimum Gasteiger partial charge on any atom is -0.340 e. The highest BCUT2D eigenvalue weighted by atomic mass is 15.1. The minimum absolute atomic E-state index is 0.560. The summed E-state index contributed by atoms with van der Waals surface area (Å²) in [4.78, 5) is 8.29. The standard InChI is InChI=1S/C16H15N5/c1-21-11-16(18-12-21)14-2-4-15(5-3-14)20-19-10-13-6-8-17-9-7-13/h2-9,11-12H,10H2,1H3. The Morgan fingerprint density at radius 2 is 1.81 bits per heavy atom. The van der Waals surface area contributed by atoms with E-state index in [4.69, 9.17) is 0 Å². The van der Waals surface area contributed by atoms with Crippen LogP contribution in [0.5, 0.6) is 0 Å². The zero-order valence-corrected chi connectivity index (χ0v) is 11.7. The number of imidazole rings is 1. The number of benzene rings is 1. The molecule has 0 N–H and O–H groups in total. The smallest absolute Gasteiger partial charge is 0.0951 e. The van der Waals surface area contributed by atoms with E-state index in [1.54, 1.807) is 18.7 Å². The summed E-state index contributed by atoms with van der Waals surface area (Å²) in [7, 11) is 1.96. The Labute approximate surface area is 123 Å². The van der Waals surface area contributed by atoms with Crippen LogP contribution in [0.3, 0.4) is 0 Å². The molecule has 2 heterocycles. The van der Waals surface area contributed by atoms with Crippen LogP contribution in [0.2, 0.25) is 0 Å². The van der Waals surface area contributed by atoms with Gasteiger partial charge in [-0.15, -0.1) is 0 Å². The third kappa shape index (κ3) is 3.39. The molecule has 21 heavy (non-hydrogen) atoms. The summed E-state index contributed by atoms with van der Waals surface area (Å²) >= 11 is 0. The maximum Gasteiger partial charge on any atom is 0.0951 e. The first kappa shape index (κ1) is 13.2. The largest absolute Gasteiger partial charge is 0.340 e. The van der Waals surface area contributed by atoms with Crippen molar-refractivity contribution in [1.82, 2.24) is 14.5 Å². The molecule has 104 valence electrons. The van der Waals surface area contributed by atoms with Crippen molar-refractivity contribution in [3.63, 3.8) is 0 Å². The van der Waals surface area contributed by atoms with Crippen molar-refractivity contribution in [2.45, 2.75) is 6.54 Å². The summed E-state index contributed by atoms with van der Waals surface area (Å²) in [5.74, 6) is 0. The van der Waals surface area contributed by atoms with Crippen LogP contribution in [0.15, 0.2) is 71.5 Å². The summed E-state index contributed by atoms with van der Waals surface area (Å²) in [5.41, 5.74) is 3.96. The van der Waals surface area contributed by atoms with Gasteiger partial charge in [-0.25, -0.2) is 4.98 Å². The van der Waals surface area contributed by atoms with Crippen LogP contribution in [-0.4, -0.2) is 14.5 Å². The first-order chi connectivity index (χ1) is 10.3. The van der Waals surface area contributed by atoms with Crippen LogP contribution < -0.4 is 0 Å². The normalized spacial score (nSPS) is 11.1. The van der Waals surface area contributed by atoms with Crippen molar-refractivity contribution in [3.8, 4) is 11.3 Å². The highest BCUT2D eigenvalue weighted by Crippen LogP contribution is 2.21. The SMILES string of the molecule is Cn1cnc(-c2ccc(N=NCc3ccncc3)cc2)c1. The summed E-state index contributed by atoms with van der Waals surface area (Å²) in [6.45, 7) is 0.560. The molecule has 0 aliphatic heterocycles. The monoisotopic (exact) mass is 277 g/mol. The number of hydrogen-bond acceptors (Lipinski definition) is 4. The summed E-state index contributed by atoms with van der Waals surface area (Å²) in [6, 6.07) is 11.8. The molecule has 0 unspecified atom stereocenters. The molecule has 0 saturated heterocycles. The molecule has 0 aliphatic rings. The van der Waals surface area contributed by atoms with Gasteiger partial charge in [-0.2, -0.15) is 10.2 Å². The van der Waals surface area contributed by atoms with Gasteiger partial charge in [0.25, 0.3) is 0 Å². The first-order valence-corrected chi connectivity index (χ1v) is 6.66. The second-order valence-electron chi connectivity index (χ2n) is 4.73. The Hall–Kier alpha value is -2.82. The number of aromatic nitrogens is 3. The van der Waals surface area contributed by atoms with Gasteiger partial charge in [0.2, 0.25) is 0 Å². The zero-order valence-electron chi connectivity index (χ0n) is 11.7. The zero-order chi connectivity index (χ0) is 14.5. The van der Waals surface area contributed by atoms with E-state index >= 15 is 0 Å². The predicted octanol–water partition coefficient (Wildman–Crippen LogP) is 3.77. The average Bonchev–Trinajstić information content (AvgIpc) is 2.96. The maximum atomic E-state index is 4.32. The molecule has 0 saturated carbocycles. The Balaban J connectivity index is 1.67. The fraction of sp³-hybridized carbons (Fsp3) is 0.125. The molecular formula is C16H15N5. The van der Waals surface area contributed by atoms with E-state index in [0.717, 1.165) is 22.5 Å². The predicted molar refractivity (Wildman–Crippen MR) is 81.1 cm³/mol. The van der Waals surface area contributed by atoms with Gasteiger partial charge in [0, 0.05) is 31.2 Å². The molecule has 2 aromatic heterocycles. The van der Waals surface area contributed by atoms with Crippen LogP contribution in [0.25, 0.3) is 11.3 Å². The van der Waals surface area contributed by atoms with Gasteiger partial charge in [0.15, 0.2) is 0 Å². The van der Waals surface area contributed by atoms with Crippen molar-refractivity contribution in [3.05, 3.63) is 66.9 Å². The van der Waals surface area contributed by atoms with Gasteiger partial charge in [0.1, 0.15) is 0 Å². The van der Waals surface area contributed by atoms with Gasteiger partial charge in [-0.3, -0.25) is 4.98 Å². The van der Waals surface area contributed by atoms with Crippen LogP contribution in [0.4, 0.5) is 5.69 Å². The van der Waals surface area contributed by atoms with Crippen LogP contribution in [0, 0.1) is 0 Å². The number of azo groups is 1. The number of hydrogen-bond donors (Lipinski definition) is 0. The average molecular weight is 277 g/mol. The van der Waals surface area contributed by atoms with Crippen molar-refractivity contribution >= 4 is 5.69 Å². The molecular weight excluding hydrogens is 262 g/mol. The molecule has 5 heteroatoms. The highest BCUT2D eigenvalue weighted by molar-refractivity contribution is 5.60. The lowest BCUT2D eigenvalue weighted by atomic mass is 10.1. The number of nitrogens with zero attached hydrogens (tertiary/aromatic N) is 5. The third-order valence-electron chi connectivity index (χ3n) is 3.06. The molecule has 3 aromatic rings. The van der Waals surface area contributed by atoms with E-state index in [1.165, 1.54) is 0 Å². The molecule has 5 nitrogen and oxygen atoms in total. The number of pyridine rings is 1. The molecule has 0 bridgehead atoms. The number of rotatable bonds is 4. The van der Waals surface area contributed by atoms with Gasteiger partial charge < -0.3 is 4.57 Å². The van der Waals surface area contributed by atoms with Crippen LogP contribution in [0.1, 0.15) is 5.56 Å². The first-order valence-electron chi connectivity index (χ1n) is 6.66. The topological polar surface area (TPSA) is 55.4 Å².